The summed E-state index contributed by atoms with van der Waals surface area (Å²) in [6.45, 7) is 5.52. The monoisotopic (exact) mass is 232 g/mol. The molecule has 0 amide bonds. The third-order valence-corrected chi connectivity index (χ3v) is 2.77. The average molecular weight is 233 g/mol. The van der Waals surface area contributed by atoms with Gasteiger partial charge >= 0.3 is 0 Å². The Hall–Kier alpha value is -0.600. The summed E-state index contributed by atoms with van der Waals surface area (Å²) in [5.41, 5.74) is 0.00157. The molecular weight excluding hydrogens is 223 g/mol. The smallest absolute Gasteiger partial charge is 0.202 e. The van der Waals surface area contributed by atoms with Crippen molar-refractivity contribution in [3.05, 3.63) is 21.7 Å². The normalized spacial score (nSPS) is 18.8. The van der Waals surface area contributed by atoms with Crippen LogP contribution in [0, 0.1) is 5.41 Å². The second kappa shape index (κ2) is 3.52. The Bertz CT molecular complexity index is 370. The predicted octanol–water partition coefficient (Wildman–Crippen LogP) is 2.80. The van der Waals surface area contributed by atoms with Crippen molar-refractivity contribution in [1.29, 1.82) is 0 Å². The van der Waals surface area contributed by atoms with Gasteiger partial charge in [-0.25, -0.2) is 0 Å². The van der Waals surface area contributed by atoms with Crippen molar-refractivity contribution in [3.8, 4) is 0 Å². The SMILES string of the molecule is CC(C)(C)C1=CC(=O)C(Cl)=C(Cl)C1=O. The van der Waals surface area contributed by atoms with Gasteiger partial charge in [0.25, 0.3) is 0 Å². The van der Waals surface area contributed by atoms with Crippen LogP contribution in [0.4, 0.5) is 0 Å². The van der Waals surface area contributed by atoms with Gasteiger partial charge in [-0.15, -0.1) is 0 Å². The van der Waals surface area contributed by atoms with Crippen molar-refractivity contribution in [2.75, 3.05) is 0 Å². The Kier molecular flexibility index (Phi) is 2.88. The van der Waals surface area contributed by atoms with Crippen LogP contribution in [0.25, 0.3) is 0 Å². The number of hydrogen-bond acceptors (Lipinski definition) is 2. The molecule has 0 radical (unpaired) electrons. The summed E-state index contributed by atoms with van der Waals surface area (Å²) in [5, 5.41) is -0.367. The molecule has 1 aliphatic rings. The lowest BCUT2D eigenvalue weighted by atomic mass is 9.81. The fourth-order valence-electron chi connectivity index (χ4n) is 1.14. The molecule has 0 bridgehead atoms. The molecule has 1 aliphatic carbocycles. The fourth-order valence-corrected chi connectivity index (χ4v) is 1.48. The lowest BCUT2D eigenvalue weighted by Crippen LogP contribution is -2.23. The highest BCUT2D eigenvalue weighted by atomic mass is 35.5. The molecule has 0 aromatic rings. The lowest BCUT2D eigenvalue weighted by Gasteiger charge is -2.23. The molecule has 1 rings (SSSR count). The van der Waals surface area contributed by atoms with Crippen molar-refractivity contribution < 1.29 is 9.59 Å². The Balaban J connectivity index is 3.24. The van der Waals surface area contributed by atoms with E-state index in [0.717, 1.165) is 0 Å². The maximum Gasteiger partial charge on any atom is 0.202 e. The van der Waals surface area contributed by atoms with E-state index in [1.54, 1.807) is 0 Å². The van der Waals surface area contributed by atoms with Gasteiger partial charge < -0.3 is 0 Å². The van der Waals surface area contributed by atoms with E-state index in [1.165, 1.54) is 6.08 Å². The Morgan fingerprint density at radius 2 is 1.57 bits per heavy atom. The lowest BCUT2D eigenvalue weighted by molar-refractivity contribution is -0.115. The van der Waals surface area contributed by atoms with Crippen LogP contribution in [-0.4, -0.2) is 11.6 Å². The molecular formula is C10H10Cl2O2. The minimum absolute atomic E-state index is 0.177. The second-order valence-electron chi connectivity index (χ2n) is 4.13. The zero-order chi connectivity index (χ0) is 11.1. The summed E-state index contributed by atoms with van der Waals surface area (Å²) < 4.78 is 0. The molecule has 0 aliphatic heterocycles. The summed E-state index contributed by atoms with van der Waals surface area (Å²) in [6.07, 6.45) is 1.26. The van der Waals surface area contributed by atoms with Crippen LogP contribution >= 0.6 is 23.2 Å². The largest absolute Gasteiger partial charge is 0.288 e. The van der Waals surface area contributed by atoms with Gasteiger partial charge in [-0.2, -0.15) is 0 Å². The molecule has 0 aromatic carbocycles. The zero-order valence-corrected chi connectivity index (χ0v) is 9.66. The van der Waals surface area contributed by atoms with Crippen LogP contribution < -0.4 is 0 Å². The van der Waals surface area contributed by atoms with Gasteiger partial charge in [-0.3, -0.25) is 9.59 Å². The van der Waals surface area contributed by atoms with Crippen molar-refractivity contribution in [1.82, 2.24) is 0 Å². The van der Waals surface area contributed by atoms with Crippen molar-refractivity contribution in [3.63, 3.8) is 0 Å². The van der Waals surface area contributed by atoms with E-state index in [2.05, 4.69) is 0 Å². The Labute approximate surface area is 92.6 Å². The van der Waals surface area contributed by atoms with E-state index < -0.39 is 11.2 Å². The number of ketones is 2. The van der Waals surface area contributed by atoms with E-state index in [-0.39, 0.29) is 15.8 Å². The quantitative estimate of drug-likeness (QED) is 0.603. The summed E-state index contributed by atoms with van der Waals surface area (Å²) in [5.74, 6) is -0.759. The maximum absolute atomic E-state index is 11.6. The van der Waals surface area contributed by atoms with Crippen molar-refractivity contribution in [2.45, 2.75) is 20.8 Å². The molecule has 0 N–H and O–H groups in total. The molecule has 76 valence electrons. The van der Waals surface area contributed by atoms with Gasteiger partial charge in [-0.1, -0.05) is 44.0 Å². The van der Waals surface area contributed by atoms with Gasteiger partial charge in [0.2, 0.25) is 5.78 Å². The van der Waals surface area contributed by atoms with Crippen LogP contribution in [0.3, 0.4) is 0 Å². The number of allylic oxidation sites excluding steroid dienone is 4. The van der Waals surface area contributed by atoms with E-state index in [9.17, 15) is 9.59 Å². The van der Waals surface area contributed by atoms with Gasteiger partial charge in [0, 0.05) is 5.57 Å². The molecule has 0 spiro atoms. The first-order valence-corrected chi connectivity index (χ1v) is 4.87. The van der Waals surface area contributed by atoms with Gasteiger partial charge in [-0.05, 0) is 11.5 Å². The summed E-state index contributed by atoms with van der Waals surface area (Å²) >= 11 is 11.2. The second-order valence-corrected chi connectivity index (χ2v) is 4.89. The first-order valence-electron chi connectivity index (χ1n) is 4.11. The van der Waals surface area contributed by atoms with Gasteiger partial charge in [0.15, 0.2) is 5.78 Å². The topological polar surface area (TPSA) is 34.1 Å². The molecule has 0 unspecified atom stereocenters. The van der Waals surface area contributed by atoms with E-state index >= 15 is 0 Å². The van der Waals surface area contributed by atoms with Crippen LogP contribution in [0.5, 0.6) is 0 Å². The number of halogens is 2. The van der Waals surface area contributed by atoms with E-state index in [0.29, 0.717) is 5.57 Å². The van der Waals surface area contributed by atoms with Crippen molar-refractivity contribution >= 4 is 34.8 Å². The summed E-state index contributed by atoms with van der Waals surface area (Å²) in [4.78, 5) is 22.9. The van der Waals surface area contributed by atoms with Crippen LogP contribution in [0.1, 0.15) is 20.8 Å². The number of hydrogen-bond donors (Lipinski definition) is 0. The van der Waals surface area contributed by atoms with Crippen LogP contribution in [0.2, 0.25) is 0 Å². The van der Waals surface area contributed by atoms with Crippen molar-refractivity contribution in [2.24, 2.45) is 5.41 Å². The number of carbonyl (C=O) groups excluding carboxylic acids is 2. The summed E-state index contributed by atoms with van der Waals surface area (Å²) in [7, 11) is 0. The van der Waals surface area contributed by atoms with Gasteiger partial charge in [0.1, 0.15) is 10.1 Å². The molecule has 14 heavy (non-hydrogen) atoms. The molecule has 4 heteroatoms. The highest BCUT2D eigenvalue weighted by Crippen LogP contribution is 2.34. The van der Waals surface area contributed by atoms with Gasteiger partial charge in [0.05, 0.1) is 0 Å². The minimum atomic E-state index is -0.402. The number of Topliss-reactive ketones (excluding diaryl/α,β-unsaturated/α-hetero) is 1. The third kappa shape index (κ3) is 1.91. The number of rotatable bonds is 0. The molecule has 0 heterocycles. The van der Waals surface area contributed by atoms with Crippen LogP contribution in [-0.2, 0) is 9.59 Å². The third-order valence-electron chi connectivity index (χ3n) is 1.94. The van der Waals surface area contributed by atoms with E-state index in [1.807, 2.05) is 20.8 Å². The van der Waals surface area contributed by atoms with Crippen LogP contribution in [0.15, 0.2) is 21.7 Å². The molecule has 0 saturated heterocycles. The van der Waals surface area contributed by atoms with E-state index in [4.69, 9.17) is 23.2 Å². The molecule has 0 aromatic heterocycles. The number of carbonyl (C=O) groups is 2. The Morgan fingerprint density at radius 1 is 1.07 bits per heavy atom. The fraction of sp³-hybridized carbons (Fsp3) is 0.400. The standard InChI is InChI=1S/C10H10Cl2O2/c1-10(2,3)5-4-6(13)7(11)8(12)9(5)14/h4H,1-3H3. The average Bonchev–Trinajstić information content (AvgIpc) is 2.06. The molecule has 0 fully saturated rings. The minimum Gasteiger partial charge on any atom is -0.288 e. The zero-order valence-electron chi connectivity index (χ0n) is 8.15. The molecule has 0 atom stereocenters. The summed E-state index contributed by atoms with van der Waals surface area (Å²) in [6, 6.07) is 0. The molecule has 2 nitrogen and oxygen atoms in total. The Morgan fingerprint density at radius 3 is 2.00 bits per heavy atom. The molecule has 0 saturated carbocycles. The highest BCUT2D eigenvalue weighted by molar-refractivity contribution is 6.58. The first-order chi connectivity index (χ1) is 6.25. The highest BCUT2D eigenvalue weighted by Gasteiger charge is 2.32. The maximum atomic E-state index is 11.6. The first kappa shape index (κ1) is 11.5. The predicted molar refractivity (Wildman–Crippen MR) is 56.3 cm³/mol.